The van der Waals surface area contributed by atoms with Gasteiger partial charge in [-0.1, -0.05) is 0 Å². The first kappa shape index (κ1) is 16.5. The van der Waals surface area contributed by atoms with Gasteiger partial charge in [0.05, 0.1) is 12.2 Å². The number of aromatic carboxylic acids is 1. The summed E-state index contributed by atoms with van der Waals surface area (Å²) in [5, 5.41) is 9.00. The van der Waals surface area contributed by atoms with Gasteiger partial charge < -0.3 is 19.5 Å². The highest BCUT2D eigenvalue weighted by Gasteiger charge is 2.11. The van der Waals surface area contributed by atoms with E-state index in [1.807, 2.05) is 13.0 Å². The first-order chi connectivity index (χ1) is 9.60. The molecule has 0 spiro atoms. The molecule has 0 aliphatic rings. The molecule has 0 saturated heterocycles. The van der Waals surface area contributed by atoms with E-state index in [0.717, 1.165) is 30.8 Å². The average molecular weight is 281 g/mol. The van der Waals surface area contributed by atoms with Crippen LogP contribution in [-0.2, 0) is 9.47 Å². The number of hydrogen-bond donors (Lipinski definition) is 1. The molecule has 0 radical (unpaired) electrons. The fourth-order valence-corrected chi connectivity index (χ4v) is 2.10. The number of nitrogens with zero attached hydrogens (tertiary/aromatic N) is 1. The fourth-order valence-electron chi connectivity index (χ4n) is 2.10. The topological polar surface area (TPSA) is 59.0 Å². The maximum Gasteiger partial charge on any atom is 0.335 e. The van der Waals surface area contributed by atoms with Crippen molar-refractivity contribution >= 4 is 11.7 Å². The van der Waals surface area contributed by atoms with Gasteiger partial charge >= 0.3 is 5.97 Å². The Bertz CT molecular complexity index is 434. The van der Waals surface area contributed by atoms with Gasteiger partial charge in [-0.15, -0.1) is 0 Å². The van der Waals surface area contributed by atoms with Crippen LogP contribution in [0.1, 0.15) is 22.3 Å². The van der Waals surface area contributed by atoms with Crippen LogP contribution >= 0.6 is 0 Å². The van der Waals surface area contributed by atoms with E-state index in [2.05, 4.69) is 4.90 Å². The van der Waals surface area contributed by atoms with Gasteiger partial charge in [-0.25, -0.2) is 4.79 Å². The lowest BCUT2D eigenvalue weighted by molar-refractivity contribution is 0.0697. The second-order valence-corrected chi connectivity index (χ2v) is 4.63. The minimum Gasteiger partial charge on any atom is -0.478 e. The summed E-state index contributed by atoms with van der Waals surface area (Å²) in [6, 6.07) is 5.20. The molecule has 0 aliphatic heterocycles. The smallest absolute Gasteiger partial charge is 0.335 e. The maximum atomic E-state index is 11.0. The zero-order valence-electron chi connectivity index (χ0n) is 12.4. The molecule has 0 fully saturated rings. The van der Waals surface area contributed by atoms with Crippen LogP contribution in [0.4, 0.5) is 5.69 Å². The molecule has 0 aliphatic carbocycles. The molecular weight excluding hydrogens is 258 g/mol. The van der Waals surface area contributed by atoms with E-state index in [1.54, 1.807) is 26.4 Å². The Labute approximate surface area is 120 Å². The van der Waals surface area contributed by atoms with Gasteiger partial charge in [0.1, 0.15) is 0 Å². The lowest BCUT2D eigenvalue weighted by Gasteiger charge is -2.26. The largest absolute Gasteiger partial charge is 0.478 e. The average Bonchev–Trinajstić information content (AvgIpc) is 2.43. The van der Waals surface area contributed by atoms with Crippen molar-refractivity contribution in [2.24, 2.45) is 0 Å². The number of carboxylic acid groups (broad SMARTS) is 1. The Morgan fingerprint density at radius 1 is 1.20 bits per heavy atom. The van der Waals surface area contributed by atoms with Crippen LogP contribution in [-0.4, -0.2) is 51.6 Å². The molecule has 112 valence electrons. The third kappa shape index (κ3) is 4.83. The Hall–Kier alpha value is -1.59. The van der Waals surface area contributed by atoms with Gasteiger partial charge in [-0.2, -0.15) is 0 Å². The molecule has 1 aromatic carbocycles. The lowest BCUT2D eigenvalue weighted by atomic mass is 10.1. The number of carboxylic acids is 1. The summed E-state index contributed by atoms with van der Waals surface area (Å²) in [4.78, 5) is 13.2. The Morgan fingerprint density at radius 2 is 1.90 bits per heavy atom. The summed E-state index contributed by atoms with van der Waals surface area (Å²) in [5.41, 5.74) is 2.32. The molecule has 0 unspecified atom stereocenters. The van der Waals surface area contributed by atoms with Crippen LogP contribution in [0.5, 0.6) is 0 Å². The predicted octanol–water partition coefficient (Wildman–Crippen LogP) is 2.18. The molecule has 5 nitrogen and oxygen atoms in total. The minimum absolute atomic E-state index is 0.315. The molecule has 0 heterocycles. The van der Waals surface area contributed by atoms with Crippen LogP contribution in [0, 0.1) is 6.92 Å². The van der Waals surface area contributed by atoms with E-state index in [-0.39, 0.29) is 0 Å². The van der Waals surface area contributed by atoms with Gasteiger partial charge in [0, 0.05) is 39.6 Å². The molecule has 1 rings (SSSR count). The van der Waals surface area contributed by atoms with Crippen LogP contribution in [0.3, 0.4) is 0 Å². The van der Waals surface area contributed by atoms with Crippen molar-refractivity contribution < 1.29 is 19.4 Å². The van der Waals surface area contributed by atoms with Crippen molar-refractivity contribution in [1.82, 2.24) is 0 Å². The summed E-state index contributed by atoms with van der Waals surface area (Å²) in [6.07, 6.45) is 0.917. The van der Waals surface area contributed by atoms with Crippen LogP contribution in [0.25, 0.3) is 0 Å². The normalized spacial score (nSPS) is 10.6. The first-order valence-corrected chi connectivity index (χ1v) is 6.67. The Balaban J connectivity index is 2.85. The molecule has 0 bridgehead atoms. The third-order valence-corrected chi connectivity index (χ3v) is 3.13. The maximum absolute atomic E-state index is 11.0. The van der Waals surface area contributed by atoms with Crippen molar-refractivity contribution in [2.45, 2.75) is 13.3 Å². The number of anilines is 1. The predicted molar refractivity (Wildman–Crippen MR) is 78.7 cm³/mol. The van der Waals surface area contributed by atoms with E-state index in [0.29, 0.717) is 18.8 Å². The quantitative estimate of drug-likeness (QED) is 0.703. The van der Waals surface area contributed by atoms with Gasteiger partial charge in [0.25, 0.3) is 0 Å². The second-order valence-electron chi connectivity index (χ2n) is 4.63. The molecule has 0 saturated carbocycles. The number of hydrogen-bond acceptors (Lipinski definition) is 4. The Kier molecular flexibility index (Phi) is 7.04. The van der Waals surface area contributed by atoms with Crippen molar-refractivity contribution in [2.75, 3.05) is 45.4 Å². The summed E-state index contributed by atoms with van der Waals surface area (Å²) >= 11 is 0. The SMILES string of the molecule is COCCCN(CCOC)c1ccc(C(=O)O)cc1C. The molecule has 20 heavy (non-hydrogen) atoms. The third-order valence-electron chi connectivity index (χ3n) is 3.13. The second kappa shape index (κ2) is 8.55. The van der Waals surface area contributed by atoms with Gasteiger partial charge in [0.15, 0.2) is 0 Å². The summed E-state index contributed by atoms with van der Waals surface area (Å²) in [5.74, 6) is -0.900. The van der Waals surface area contributed by atoms with Crippen molar-refractivity contribution in [3.8, 4) is 0 Å². The van der Waals surface area contributed by atoms with E-state index < -0.39 is 5.97 Å². The number of ether oxygens (including phenoxy) is 2. The Morgan fingerprint density at radius 3 is 2.45 bits per heavy atom. The molecule has 0 aromatic heterocycles. The van der Waals surface area contributed by atoms with E-state index >= 15 is 0 Å². The highest BCUT2D eigenvalue weighted by Crippen LogP contribution is 2.21. The van der Waals surface area contributed by atoms with Gasteiger partial charge in [-0.3, -0.25) is 0 Å². The zero-order chi connectivity index (χ0) is 15.0. The number of rotatable bonds is 9. The molecular formula is C15H23NO4. The number of carbonyl (C=O) groups is 1. The van der Waals surface area contributed by atoms with E-state index in [4.69, 9.17) is 14.6 Å². The first-order valence-electron chi connectivity index (χ1n) is 6.67. The fraction of sp³-hybridized carbons (Fsp3) is 0.533. The zero-order valence-corrected chi connectivity index (χ0v) is 12.4. The molecule has 0 amide bonds. The van der Waals surface area contributed by atoms with Crippen molar-refractivity contribution in [3.63, 3.8) is 0 Å². The van der Waals surface area contributed by atoms with Crippen LogP contribution in [0.2, 0.25) is 0 Å². The standard InChI is InChI=1S/C15H23NO4/c1-12-11-13(15(17)18)5-6-14(12)16(8-10-20-3)7-4-9-19-2/h5-6,11H,4,7-10H2,1-3H3,(H,17,18). The van der Waals surface area contributed by atoms with Crippen molar-refractivity contribution in [3.05, 3.63) is 29.3 Å². The highest BCUT2D eigenvalue weighted by molar-refractivity contribution is 5.88. The van der Waals surface area contributed by atoms with Gasteiger partial charge in [0.2, 0.25) is 0 Å². The summed E-state index contributed by atoms with van der Waals surface area (Å²) in [6.45, 7) is 4.89. The van der Waals surface area contributed by atoms with Gasteiger partial charge in [-0.05, 0) is 37.1 Å². The molecule has 5 heteroatoms. The van der Waals surface area contributed by atoms with Crippen molar-refractivity contribution in [1.29, 1.82) is 0 Å². The summed E-state index contributed by atoms with van der Waals surface area (Å²) in [7, 11) is 3.36. The number of methoxy groups -OCH3 is 2. The molecule has 1 N–H and O–H groups in total. The molecule has 1 aromatic rings. The van der Waals surface area contributed by atoms with Crippen LogP contribution < -0.4 is 4.90 Å². The number of benzene rings is 1. The highest BCUT2D eigenvalue weighted by atomic mass is 16.5. The summed E-state index contributed by atoms with van der Waals surface area (Å²) < 4.78 is 10.2. The van der Waals surface area contributed by atoms with Crippen LogP contribution in [0.15, 0.2) is 18.2 Å². The minimum atomic E-state index is -0.900. The van der Waals surface area contributed by atoms with E-state index in [1.165, 1.54) is 0 Å². The monoisotopic (exact) mass is 281 g/mol. The molecule has 0 atom stereocenters. The lowest BCUT2D eigenvalue weighted by Crippen LogP contribution is -2.29. The van der Waals surface area contributed by atoms with E-state index in [9.17, 15) is 4.79 Å². The number of aryl methyl sites for hydroxylation is 1.